The first kappa shape index (κ1) is 9.53. The van der Waals surface area contributed by atoms with Gasteiger partial charge in [-0.05, 0) is 26.2 Å². The summed E-state index contributed by atoms with van der Waals surface area (Å²) in [5.74, 6) is 1.42. The van der Waals surface area contributed by atoms with Crippen LogP contribution in [0.25, 0.3) is 11.7 Å². The maximum absolute atomic E-state index is 6.10. The number of nitrogens with two attached hydrogens (primary N) is 1. The first-order chi connectivity index (χ1) is 7.69. The fourth-order valence-corrected chi connectivity index (χ4v) is 1.81. The van der Waals surface area contributed by atoms with Gasteiger partial charge in [0.15, 0.2) is 12.2 Å². The van der Waals surface area contributed by atoms with Gasteiger partial charge in [-0.15, -0.1) is 0 Å². The number of hydrogen-bond acceptors (Lipinski definition) is 6. The molecule has 0 radical (unpaired) electrons. The highest BCUT2D eigenvalue weighted by molar-refractivity contribution is 5.46. The highest BCUT2D eigenvalue weighted by Gasteiger charge is 2.39. The number of aromatic nitrogens is 3. The van der Waals surface area contributed by atoms with Crippen LogP contribution in [0, 0.1) is 6.92 Å². The molecular formula is C10H12N4O2. The van der Waals surface area contributed by atoms with Crippen LogP contribution < -0.4 is 5.73 Å². The van der Waals surface area contributed by atoms with E-state index in [9.17, 15) is 0 Å². The Labute approximate surface area is 91.8 Å². The van der Waals surface area contributed by atoms with E-state index in [4.69, 9.17) is 14.7 Å². The zero-order valence-corrected chi connectivity index (χ0v) is 8.93. The SMILES string of the molecule is Cc1ncoc1-c1nc(C2(N)CCC2)no1. The summed E-state index contributed by atoms with van der Waals surface area (Å²) in [6.07, 6.45) is 4.28. The van der Waals surface area contributed by atoms with Crippen molar-refractivity contribution in [1.82, 2.24) is 15.1 Å². The first-order valence-corrected chi connectivity index (χ1v) is 5.22. The molecule has 84 valence electrons. The van der Waals surface area contributed by atoms with E-state index in [1.54, 1.807) is 0 Å². The summed E-state index contributed by atoms with van der Waals surface area (Å²) in [4.78, 5) is 8.24. The van der Waals surface area contributed by atoms with E-state index in [1.807, 2.05) is 6.92 Å². The number of hydrogen-bond donors (Lipinski definition) is 1. The Kier molecular flexibility index (Phi) is 1.88. The summed E-state index contributed by atoms with van der Waals surface area (Å²) < 4.78 is 10.3. The molecule has 0 unspecified atom stereocenters. The average Bonchev–Trinajstić information content (AvgIpc) is 2.82. The molecule has 2 aromatic rings. The molecule has 0 spiro atoms. The molecule has 0 saturated heterocycles. The van der Waals surface area contributed by atoms with E-state index in [0.717, 1.165) is 25.0 Å². The van der Waals surface area contributed by atoms with Gasteiger partial charge in [-0.2, -0.15) is 4.98 Å². The third-order valence-electron chi connectivity index (χ3n) is 3.06. The van der Waals surface area contributed by atoms with E-state index >= 15 is 0 Å². The van der Waals surface area contributed by atoms with Crippen LogP contribution in [0.1, 0.15) is 30.8 Å². The van der Waals surface area contributed by atoms with Crippen molar-refractivity contribution in [3.8, 4) is 11.7 Å². The Bertz CT molecular complexity index is 512. The molecule has 6 heteroatoms. The Morgan fingerprint density at radius 2 is 2.25 bits per heavy atom. The lowest BCUT2D eigenvalue weighted by atomic mass is 9.77. The second kappa shape index (κ2) is 3.15. The number of rotatable bonds is 2. The standard InChI is InChI=1S/C10H12N4O2/c1-6-7(15-5-12-6)8-13-9(14-16-8)10(11)3-2-4-10/h5H,2-4,11H2,1H3. The second-order valence-electron chi connectivity index (χ2n) is 4.20. The molecule has 1 aliphatic carbocycles. The van der Waals surface area contributed by atoms with Gasteiger partial charge < -0.3 is 14.7 Å². The second-order valence-corrected chi connectivity index (χ2v) is 4.20. The van der Waals surface area contributed by atoms with Gasteiger partial charge in [0.25, 0.3) is 5.89 Å². The minimum Gasteiger partial charge on any atom is -0.438 e. The zero-order chi connectivity index (χ0) is 11.2. The van der Waals surface area contributed by atoms with Crippen molar-refractivity contribution in [3.63, 3.8) is 0 Å². The number of oxazole rings is 1. The average molecular weight is 220 g/mol. The minimum absolute atomic E-state index is 0.349. The normalized spacial score (nSPS) is 18.4. The van der Waals surface area contributed by atoms with Gasteiger partial charge in [0.1, 0.15) is 0 Å². The van der Waals surface area contributed by atoms with Crippen LogP contribution in [0.2, 0.25) is 0 Å². The monoisotopic (exact) mass is 220 g/mol. The molecule has 0 aliphatic heterocycles. The highest BCUT2D eigenvalue weighted by Crippen LogP contribution is 2.37. The van der Waals surface area contributed by atoms with Gasteiger partial charge in [-0.1, -0.05) is 5.16 Å². The number of nitrogens with zero attached hydrogens (tertiary/aromatic N) is 3. The van der Waals surface area contributed by atoms with Crippen LogP contribution >= 0.6 is 0 Å². The van der Waals surface area contributed by atoms with Crippen LogP contribution in [0.4, 0.5) is 0 Å². The van der Waals surface area contributed by atoms with E-state index in [1.165, 1.54) is 6.39 Å². The van der Waals surface area contributed by atoms with Crippen molar-refractivity contribution in [2.24, 2.45) is 5.73 Å². The summed E-state index contributed by atoms with van der Waals surface area (Å²) in [6, 6.07) is 0. The summed E-state index contributed by atoms with van der Waals surface area (Å²) in [5.41, 5.74) is 6.42. The fraction of sp³-hybridized carbons (Fsp3) is 0.500. The first-order valence-electron chi connectivity index (χ1n) is 5.22. The minimum atomic E-state index is -0.407. The van der Waals surface area contributed by atoms with Crippen LogP contribution in [0.15, 0.2) is 15.3 Å². The molecule has 2 aromatic heterocycles. The van der Waals surface area contributed by atoms with E-state index < -0.39 is 5.54 Å². The smallest absolute Gasteiger partial charge is 0.295 e. The summed E-state index contributed by atoms with van der Waals surface area (Å²) in [6.45, 7) is 1.82. The summed E-state index contributed by atoms with van der Waals surface area (Å²) in [7, 11) is 0. The van der Waals surface area contributed by atoms with Crippen LogP contribution in [0.3, 0.4) is 0 Å². The molecule has 1 saturated carbocycles. The molecule has 6 nitrogen and oxygen atoms in total. The van der Waals surface area contributed by atoms with Crippen LogP contribution in [-0.2, 0) is 5.54 Å². The zero-order valence-electron chi connectivity index (χ0n) is 8.93. The molecule has 0 bridgehead atoms. The lowest BCUT2D eigenvalue weighted by molar-refractivity contribution is 0.229. The maximum Gasteiger partial charge on any atom is 0.295 e. The Morgan fingerprint density at radius 1 is 1.44 bits per heavy atom. The highest BCUT2D eigenvalue weighted by atomic mass is 16.5. The lowest BCUT2D eigenvalue weighted by Crippen LogP contribution is -2.44. The number of aryl methyl sites for hydroxylation is 1. The van der Waals surface area contributed by atoms with Crippen molar-refractivity contribution in [3.05, 3.63) is 17.9 Å². The third-order valence-corrected chi connectivity index (χ3v) is 3.06. The van der Waals surface area contributed by atoms with E-state index in [0.29, 0.717) is 17.5 Å². The molecule has 16 heavy (non-hydrogen) atoms. The predicted octanol–water partition coefficient (Wildman–Crippen LogP) is 1.37. The molecule has 1 fully saturated rings. The molecule has 0 atom stereocenters. The van der Waals surface area contributed by atoms with Crippen molar-refractivity contribution in [1.29, 1.82) is 0 Å². The molecule has 0 amide bonds. The molecule has 3 rings (SSSR count). The van der Waals surface area contributed by atoms with Crippen molar-refractivity contribution in [2.45, 2.75) is 31.7 Å². The quantitative estimate of drug-likeness (QED) is 0.821. The van der Waals surface area contributed by atoms with Crippen LogP contribution in [0.5, 0.6) is 0 Å². The molecule has 2 N–H and O–H groups in total. The molecular weight excluding hydrogens is 208 g/mol. The predicted molar refractivity (Wildman–Crippen MR) is 54.2 cm³/mol. The summed E-state index contributed by atoms with van der Waals surface area (Å²) >= 11 is 0. The van der Waals surface area contributed by atoms with Gasteiger partial charge in [0, 0.05) is 0 Å². The third kappa shape index (κ3) is 1.26. The lowest BCUT2D eigenvalue weighted by Gasteiger charge is -2.34. The molecule has 1 aliphatic rings. The fourth-order valence-electron chi connectivity index (χ4n) is 1.81. The molecule has 2 heterocycles. The van der Waals surface area contributed by atoms with Crippen molar-refractivity contribution in [2.75, 3.05) is 0 Å². The van der Waals surface area contributed by atoms with Gasteiger partial charge in [0.05, 0.1) is 11.2 Å². The Balaban J connectivity index is 1.97. The van der Waals surface area contributed by atoms with Gasteiger partial charge in [0.2, 0.25) is 5.76 Å². The largest absolute Gasteiger partial charge is 0.438 e. The van der Waals surface area contributed by atoms with E-state index in [-0.39, 0.29) is 0 Å². The van der Waals surface area contributed by atoms with Gasteiger partial charge in [-0.3, -0.25) is 0 Å². The van der Waals surface area contributed by atoms with E-state index in [2.05, 4.69) is 15.1 Å². The van der Waals surface area contributed by atoms with Gasteiger partial charge >= 0.3 is 0 Å². The summed E-state index contributed by atoms with van der Waals surface area (Å²) in [5, 5.41) is 3.91. The Hall–Kier alpha value is -1.69. The van der Waals surface area contributed by atoms with Crippen molar-refractivity contribution >= 4 is 0 Å². The maximum atomic E-state index is 6.10. The molecule has 0 aromatic carbocycles. The van der Waals surface area contributed by atoms with Gasteiger partial charge in [-0.25, -0.2) is 4.98 Å². The topological polar surface area (TPSA) is 91.0 Å². The van der Waals surface area contributed by atoms with Crippen molar-refractivity contribution < 1.29 is 8.94 Å². The Morgan fingerprint density at radius 3 is 2.81 bits per heavy atom. The van der Waals surface area contributed by atoms with Crippen LogP contribution in [-0.4, -0.2) is 15.1 Å².